The first-order valence-electron chi connectivity index (χ1n) is 3.84. The molecule has 0 unspecified atom stereocenters. The van der Waals surface area contributed by atoms with E-state index in [1.807, 2.05) is 0 Å². The Bertz CT molecular complexity index is 520. The molecule has 0 saturated heterocycles. The van der Waals surface area contributed by atoms with Gasteiger partial charge in [-0.15, -0.1) is 0 Å². The Morgan fingerprint density at radius 2 is 2.00 bits per heavy atom. The Kier molecular flexibility index (Phi) is 2.00. The molecule has 0 spiro atoms. The lowest BCUT2D eigenvalue weighted by molar-refractivity contribution is -0.137. The highest BCUT2D eigenvalue weighted by Gasteiger charge is 2.31. The van der Waals surface area contributed by atoms with Crippen molar-refractivity contribution >= 4 is 26.7 Å². The van der Waals surface area contributed by atoms with Crippen molar-refractivity contribution in [2.75, 3.05) is 5.73 Å². The summed E-state index contributed by atoms with van der Waals surface area (Å²) in [4.78, 5) is 3.71. The predicted molar refractivity (Wildman–Crippen MR) is 50.7 cm³/mol. The Labute approximate surface area is 86.0 Å². The van der Waals surface area contributed by atoms with Gasteiger partial charge in [0.1, 0.15) is 11.3 Å². The topological polar surface area (TPSA) is 59.1 Å². The number of benzene rings is 1. The van der Waals surface area contributed by atoms with E-state index in [-0.39, 0.29) is 15.3 Å². The van der Waals surface area contributed by atoms with E-state index in [2.05, 4.69) is 4.98 Å². The first-order chi connectivity index (χ1) is 6.88. The average molecular weight is 234 g/mol. The van der Waals surface area contributed by atoms with Crippen molar-refractivity contribution in [3.8, 4) is 5.75 Å². The van der Waals surface area contributed by atoms with Gasteiger partial charge in [-0.3, -0.25) is 0 Å². The van der Waals surface area contributed by atoms with Crippen LogP contribution in [0.15, 0.2) is 12.1 Å². The second-order valence-electron chi connectivity index (χ2n) is 2.89. The average Bonchev–Trinajstić information content (AvgIpc) is 2.44. The van der Waals surface area contributed by atoms with Crippen molar-refractivity contribution in [3.63, 3.8) is 0 Å². The molecule has 0 atom stereocenters. The van der Waals surface area contributed by atoms with E-state index in [0.29, 0.717) is 6.07 Å². The quantitative estimate of drug-likeness (QED) is 0.736. The highest BCUT2D eigenvalue weighted by atomic mass is 32.1. The predicted octanol–water partition coefficient (Wildman–Crippen LogP) is 2.60. The molecule has 7 heteroatoms. The lowest BCUT2D eigenvalue weighted by Crippen LogP contribution is -2.04. The van der Waals surface area contributed by atoms with Crippen LogP contribution in [-0.4, -0.2) is 10.1 Å². The monoisotopic (exact) mass is 234 g/mol. The van der Waals surface area contributed by atoms with Crippen LogP contribution in [0.25, 0.3) is 10.2 Å². The maximum Gasteiger partial charge on any atom is 0.416 e. The van der Waals surface area contributed by atoms with Crippen molar-refractivity contribution in [2.45, 2.75) is 6.18 Å². The van der Waals surface area contributed by atoms with Gasteiger partial charge in [0.2, 0.25) is 0 Å². The highest BCUT2D eigenvalue weighted by molar-refractivity contribution is 7.22. The number of fused-ring (bicyclic) bond motifs is 1. The van der Waals surface area contributed by atoms with Crippen molar-refractivity contribution in [1.82, 2.24) is 4.98 Å². The fourth-order valence-electron chi connectivity index (χ4n) is 1.19. The minimum absolute atomic E-state index is 0.102. The molecule has 15 heavy (non-hydrogen) atoms. The maximum atomic E-state index is 12.3. The number of phenolic OH excluding ortho intramolecular Hbond substituents is 1. The summed E-state index contributed by atoms with van der Waals surface area (Å²) in [6, 6.07) is 1.56. The molecule has 0 radical (unpaired) electrons. The molecule has 0 bridgehead atoms. The number of aromatic nitrogens is 1. The standard InChI is InChI=1S/C8H5F3N2OS/c9-8(10,11)3-1-4(14)6-5(2-3)15-7(12)13-6/h1-2,14H,(H2,12,13). The Hall–Kier alpha value is -1.50. The number of nitrogens with two attached hydrogens (primary N) is 1. The van der Waals surface area contributed by atoms with Gasteiger partial charge >= 0.3 is 6.18 Å². The van der Waals surface area contributed by atoms with Crippen molar-refractivity contribution in [1.29, 1.82) is 0 Å². The Balaban J connectivity index is 2.72. The molecule has 2 aromatic rings. The number of thiazole rings is 1. The Morgan fingerprint density at radius 3 is 2.60 bits per heavy atom. The van der Waals surface area contributed by atoms with Crippen LogP contribution >= 0.6 is 11.3 Å². The van der Waals surface area contributed by atoms with E-state index in [1.54, 1.807) is 0 Å². The number of hydrogen-bond acceptors (Lipinski definition) is 4. The molecule has 0 amide bonds. The molecule has 1 heterocycles. The molecule has 0 aliphatic heterocycles. The van der Waals surface area contributed by atoms with Gasteiger partial charge in [-0.25, -0.2) is 4.98 Å². The lowest BCUT2D eigenvalue weighted by Gasteiger charge is -2.06. The van der Waals surface area contributed by atoms with E-state index in [1.165, 1.54) is 0 Å². The molecule has 2 rings (SSSR count). The largest absolute Gasteiger partial charge is 0.506 e. The van der Waals surface area contributed by atoms with Crippen molar-refractivity contribution in [2.24, 2.45) is 0 Å². The zero-order valence-corrected chi connectivity index (χ0v) is 7.99. The van der Waals surface area contributed by atoms with Crippen LogP contribution in [0.4, 0.5) is 18.3 Å². The summed E-state index contributed by atoms with van der Waals surface area (Å²) in [6.07, 6.45) is -4.48. The maximum absolute atomic E-state index is 12.3. The van der Waals surface area contributed by atoms with E-state index in [0.717, 1.165) is 17.4 Å². The second kappa shape index (κ2) is 2.99. The molecule has 0 aliphatic carbocycles. The summed E-state index contributed by atoms with van der Waals surface area (Å²) in [5.74, 6) is -0.507. The number of halogens is 3. The van der Waals surface area contributed by atoms with Gasteiger partial charge in [-0.1, -0.05) is 11.3 Å². The number of aromatic hydroxyl groups is 1. The summed E-state index contributed by atoms with van der Waals surface area (Å²) in [5.41, 5.74) is 4.53. The third kappa shape index (κ3) is 1.70. The number of nitrogens with zero attached hydrogens (tertiary/aromatic N) is 1. The van der Waals surface area contributed by atoms with Gasteiger partial charge < -0.3 is 10.8 Å². The van der Waals surface area contributed by atoms with Gasteiger partial charge in [0.25, 0.3) is 0 Å². The van der Waals surface area contributed by atoms with Crippen LogP contribution in [-0.2, 0) is 6.18 Å². The minimum atomic E-state index is -4.48. The molecular formula is C8H5F3N2OS. The third-order valence-electron chi connectivity index (χ3n) is 1.82. The third-order valence-corrected chi connectivity index (χ3v) is 2.65. The number of anilines is 1. The summed E-state index contributed by atoms with van der Waals surface area (Å²) in [7, 11) is 0. The highest BCUT2D eigenvalue weighted by Crippen LogP contribution is 2.38. The van der Waals surface area contributed by atoms with E-state index >= 15 is 0 Å². The number of nitrogen functional groups attached to an aromatic ring is 1. The summed E-state index contributed by atoms with van der Waals surface area (Å²) >= 11 is 0.903. The van der Waals surface area contributed by atoms with E-state index in [9.17, 15) is 18.3 Å². The lowest BCUT2D eigenvalue weighted by atomic mass is 10.2. The van der Waals surface area contributed by atoms with Crippen molar-refractivity contribution in [3.05, 3.63) is 17.7 Å². The summed E-state index contributed by atoms with van der Waals surface area (Å²) in [5, 5.41) is 9.44. The van der Waals surface area contributed by atoms with E-state index in [4.69, 9.17) is 5.73 Å². The van der Waals surface area contributed by atoms with Crippen LogP contribution < -0.4 is 5.73 Å². The smallest absolute Gasteiger partial charge is 0.416 e. The van der Waals surface area contributed by atoms with Gasteiger partial charge in [0, 0.05) is 0 Å². The van der Waals surface area contributed by atoms with Crippen LogP contribution in [0, 0.1) is 0 Å². The van der Waals surface area contributed by atoms with E-state index < -0.39 is 17.5 Å². The van der Waals surface area contributed by atoms with Gasteiger partial charge in [-0.05, 0) is 12.1 Å². The molecule has 3 N–H and O–H groups in total. The SMILES string of the molecule is Nc1nc2c(O)cc(C(F)(F)F)cc2s1. The fraction of sp³-hybridized carbons (Fsp3) is 0.125. The normalized spacial score (nSPS) is 12.2. The first kappa shape index (κ1) is 10.0. The molecule has 0 saturated carbocycles. The molecule has 1 aromatic heterocycles. The van der Waals surface area contributed by atoms with Gasteiger partial charge in [0.15, 0.2) is 5.13 Å². The van der Waals surface area contributed by atoms with Crippen LogP contribution in [0.2, 0.25) is 0 Å². The van der Waals surface area contributed by atoms with Crippen LogP contribution in [0.3, 0.4) is 0 Å². The summed E-state index contributed by atoms with van der Waals surface area (Å²) in [6.45, 7) is 0. The first-order valence-corrected chi connectivity index (χ1v) is 4.66. The molecule has 0 aliphatic rings. The number of hydrogen-bond donors (Lipinski definition) is 2. The molecule has 1 aromatic carbocycles. The molecule has 80 valence electrons. The molecule has 3 nitrogen and oxygen atoms in total. The molecule has 0 fully saturated rings. The van der Waals surface area contributed by atoms with Crippen LogP contribution in [0.5, 0.6) is 5.75 Å². The van der Waals surface area contributed by atoms with Crippen molar-refractivity contribution < 1.29 is 18.3 Å². The van der Waals surface area contributed by atoms with Gasteiger partial charge in [0.05, 0.1) is 10.3 Å². The minimum Gasteiger partial charge on any atom is -0.506 e. The zero-order chi connectivity index (χ0) is 11.2. The Morgan fingerprint density at radius 1 is 1.33 bits per heavy atom. The number of phenols is 1. The fourth-order valence-corrected chi connectivity index (χ4v) is 1.99. The van der Waals surface area contributed by atoms with Gasteiger partial charge in [-0.2, -0.15) is 13.2 Å². The zero-order valence-electron chi connectivity index (χ0n) is 7.17. The number of rotatable bonds is 0. The summed E-state index contributed by atoms with van der Waals surface area (Å²) < 4.78 is 37.3. The van der Waals surface area contributed by atoms with Crippen LogP contribution in [0.1, 0.15) is 5.56 Å². The number of alkyl halides is 3. The molecular weight excluding hydrogens is 229 g/mol. The second-order valence-corrected chi connectivity index (χ2v) is 3.95.